The zero-order chi connectivity index (χ0) is 23.4. The lowest BCUT2D eigenvalue weighted by atomic mass is 9.78. The number of carboxylic acid groups (broad SMARTS) is 1. The maximum absolute atomic E-state index is 13.7. The molecule has 2 amide bonds. The van der Waals surface area contributed by atoms with E-state index in [1.165, 1.54) is 6.07 Å². The Morgan fingerprint density at radius 1 is 1.24 bits per heavy atom. The van der Waals surface area contributed by atoms with E-state index in [4.69, 9.17) is 4.74 Å². The van der Waals surface area contributed by atoms with Crippen molar-refractivity contribution in [1.82, 2.24) is 4.90 Å². The van der Waals surface area contributed by atoms with Crippen molar-refractivity contribution in [1.29, 1.82) is 0 Å². The summed E-state index contributed by atoms with van der Waals surface area (Å²) in [4.78, 5) is 30.8. The highest BCUT2D eigenvalue weighted by Crippen LogP contribution is 2.32. The second-order valence-electron chi connectivity index (χ2n) is 8.60. The molecule has 2 aromatic carbocycles. The molecule has 0 bridgehead atoms. The maximum atomic E-state index is 13.7. The van der Waals surface area contributed by atoms with E-state index in [-0.39, 0.29) is 30.1 Å². The van der Waals surface area contributed by atoms with E-state index in [1.54, 1.807) is 48.4 Å². The number of amides is 2. The van der Waals surface area contributed by atoms with Crippen LogP contribution in [0.25, 0.3) is 0 Å². The van der Waals surface area contributed by atoms with Crippen LogP contribution >= 0.6 is 0 Å². The van der Waals surface area contributed by atoms with Gasteiger partial charge in [0.2, 0.25) is 0 Å². The van der Waals surface area contributed by atoms with E-state index < -0.39 is 5.97 Å². The van der Waals surface area contributed by atoms with Gasteiger partial charge in [-0.05, 0) is 72.6 Å². The number of carbonyl (C=O) groups excluding carboxylic acids is 1. The highest BCUT2D eigenvalue weighted by atomic mass is 19.1. The first-order valence-electron chi connectivity index (χ1n) is 11.2. The number of ether oxygens (including phenoxy) is 1. The lowest BCUT2D eigenvalue weighted by Crippen LogP contribution is -2.46. The number of carbonyl (C=O) groups is 2. The fraction of sp³-hybridized carbons (Fsp3) is 0.400. The van der Waals surface area contributed by atoms with Gasteiger partial charge in [0.15, 0.2) is 0 Å². The third-order valence-corrected chi connectivity index (χ3v) is 6.45. The zero-order valence-corrected chi connectivity index (χ0v) is 18.6. The van der Waals surface area contributed by atoms with Crippen molar-refractivity contribution < 1.29 is 23.8 Å². The van der Waals surface area contributed by atoms with Gasteiger partial charge >= 0.3 is 12.0 Å². The lowest BCUT2D eigenvalue weighted by molar-refractivity contribution is -0.138. The molecule has 0 aromatic heterocycles. The summed E-state index contributed by atoms with van der Waals surface area (Å²) in [7, 11) is 1.57. The fourth-order valence-corrected chi connectivity index (χ4v) is 4.76. The predicted octanol–water partition coefficient (Wildman–Crippen LogP) is 4.21. The molecule has 1 saturated heterocycles. The molecule has 2 aliphatic heterocycles. The summed E-state index contributed by atoms with van der Waals surface area (Å²) < 4.78 is 18.9. The molecule has 4 rings (SSSR count). The minimum absolute atomic E-state index is 0.0549. The molecule has 2 atom stereocenters. The molecule has 33 heavy (non-hydrogen) atoms. The SMILES string of the molecule is COc1cccc(NC(=O)N2CC[C@@H](CC(=O)O)[C@@H](CC3=NCCc4cc(F)ccc43)C2)c1. The largest absolute Gasteiger partial charge is 0.497 e. The molecule has 0 unspecified atom stereocenters. The summed E-state index contributed by atoms with van der Waals surface area (Å²) in [5, 5.41) is 12.3. The van der Waals surface area contributed by atoms with Crippen LogP contribution in [0.5, 0.6) is 5.75 Å². The maximum Gasteiger partial charge on any atom is 0.321 e. The monoisotopic (exact) mass is 453 g/mol. The molecule has 1 fully saturated rings. The first-order valence-corrected chi connectivity index (χ1v) is 11.2. The van der Waals surface area contributed by atoms with Crippen LogP contribution in [0.1, 0.15) is 30.4 Å². The number of piperidine rings is 1. The third kappa shape index (κ3) is 5.50. The molecule has 7 nitrogen and oxygen atoms in total. The van der Waals surface area contributed by atoms with Crippen LogP contribution in [0.2, 0.25) is 0 Å². The molecule has 0 spiro atoms. The summed E-state index contributed by atoms with van der Waals surface area (Å²) in [6.07, 6.45) is 1.90. The van der Waals surface area contributed by atoms with E-state index in [0.717, 1.165) is 16.8 Å². The van der Waals surface area contributed by atoms with Crippen LogP contribution in [0.3, 0.4) is 0 Å². The summed E-state index contributed by atoms with van der Waals surface area (Å²) in [6.45, 7) is 1.50. The number of aliphatic imine (C=N–C) groups is 1. The van der Waals surface area contributed by atoms with Crippen molar-refractivity contribution in [2.24, 2.45) is 16.8 Å². The van der Waals surface area contributed by atoms with Gasteiger partial charge in [-0.1, -0.05) is 6.07 Å². The molecule has 2 N–H and O–H groups in total. The summed E-state index contributed by atoms with van der Waals surface area (Å²) in [5.41, 5.74) is 3.36. The van der Waals surface area contributed by atoms with Crippen molar-refractivity contribution in [3.63, 3.8) is 0 Å². The van der Waals surface area contributed by atoms with Crippen LogP contribution in [0.15, 0.2) is 47.5 Å². The fourth-order valence-electron chi connectivity index (χ4n) is 4.76. The number of urea groups is 1. The van der Waals surface area contributed by atoms with Crippen LogP contribution in [0.4, 0.5) is 14.9 Å². The molecule has 0 radical (unpaired) electrons. The molecule has 8 heteroatoms. The van der Waals surface area contributed by atoms with Crippen LogP contribution in [-0.4, -0.2) is 54.5 Å². The van der Waals surface area contributed by atoms with Crippen molar-refractivity contribution in [3.05, 3.63) is 59.4 Å². The van der Waals surface area contributed by atoms with Gasteiger partial charge in [0.05, 0.1) is 7.11 Å². The molecule has 2 aromatic rings. The summed E-state index contributed by atoms with van der Waals surface area (Å²) in [6, 6.07) is 11.7. The second-order valence-corrected chi connectivity index (χ2v) is 8.60. The Hall–Kier alpha value is -3.42. The van der Waals surface area contributed by atoms with Crippen molar-refractivity contribution >= 4 is 23.4 Å². The van der Waals surface area contributed by atoms with Gasteiger partial charge in [0.1, 0.15) is 11.6 Å². The van der Waals surface area contributed by atoms with Gasteiger partial charge in [0.25, 0.3) is 0 Å². The quantitative estimate of drug-likeness (QED) is 0.685. The minimum atomic E-state index is -0.840. The highest BCUT2D eigenvalue weighted by Gasteiger charge is 2.34. The van der Waals surface area contributed by atoms with Crippen molar-refractivity contribution in [2.45, 2.75) is 25.7 Å². The lowest BCUT2D eigenvalue weighted by Gasteiger charge is -2.38. The third-order valence-electron chi connectivity index (χ3n) is 6.45. The molecular weight excluding hydrogens is 425 g/mol. The van der Waals surface area contributed by atoms with E-state index >= 15 is 0 Å². The number of nitrogens with zero attached hydrogens (tertiary/aromatic N) is 2. The minimum Gasteiger partial charge on any atom is -0.497 e. The van der Waals surface area contributed by atoms with Crippen molar-refractivity contribution in [2.75, 3.05) is 32.1 Å². The van der Waals surface area contributed by atoms with Crippen LogP contribution in [0, 0.1) is 17.7 Å². The molecule has 0 saturated carbocycles. The van der Waals surface area contributed by atoms with Gasteiger partial charge in [0, 0.05) is 43.5 Å². The van der Waals surface area contributed by atoms with Gasteiger partial charge in [-0.3, -0.25) is 9.79 Å². The average Bonchev–Trinajstić information content (AvgIpc) is 2.80. The van der Waals surface area contributed by atoms with Crippen molar-refractivity contribution in [3.8, 4) is 5.75 Å². The van der Waals surface area contributed by atoms with E-state index in [1.807, 2.05) is 0 Å². The number of fused-ring (bicyclic) bond motifs is 1. The second kappa shape index (κ2) is 10.0. The van der Waals surface area contributed by atoms with E-state index in [0.29, 0.717) is 50.3 Å². The number of nitrogens with one attached hydrogen (secondary N) is 1. The Labute approximate surface area is 192 Å². The van der Waals surface area contributed by atoms with Gasteiger partial charge in [-0.25, -0.2) is 9.18 Å². The number of benzene rings is 2. The van der Waals surface area contributed by atoms with Crippen LogP contribution < -0.4 is 10.1 Å². The average molecular weight is 454 g/mol. The van der Waals surface area contributed by atoms with Gasteiger partial charge in [-0.2, -0.15) is 0 Å². The molecular formula is C25H28FN3O4. The zero-order valence-electron chi connectivity index (χ0n) is 18.6. The molecule has 2 heterocycles. The van der Waals surface area contributed by atoms with Gasteiger partial charge in [-0.15, -0.1) is 0 Å². The van der Waals surface area contributed by atoms with E-state index in [2.05, 4.69) is 10.3 Å². The Morgan fingerprint density at radius 3 is 2.88 bits per heavy atom. The number of methoxy groups -OCH3 is 1. The Bertz CT molecular complexity index is 1070. The Kier molecular flexibility index (Phi) is 6.91. The number of likely N-dealkylation sites (tertiary alicyclic amines) is 1. The number of aliphatic carboxylic acids is 1. The highest BCUT2D eigenvalue weighted by molar-refractivity contribution is 6.02. The van der Waals surface area contributed by atoms with Gasteiger partial charge < -0.3 is 20.1 Å². The Morgan fingerprint density at radius 2 is 2.09 bits per heavy atom. The summed E-state index contributed by atoms with van der Waals surface area (Å²) in [5.74, 6) is -0.571. The summed E-state index contributed by atoms with van der Waals surface area (Å²) >= 11 is 0. The number of hydrogen-bond acceptors (Lipinski definition) is 4. The number of halogens is 1. The number of anilines is 1. The molecule has 174 valence electrons. The molecule has 0 aliphatic carbocycles. The normalized spacial score (nSPS) is 19.9. The number of hydrogen-bond donors (Lipinski definition) is 2. The smallest absolute Gasteiger partial charge is 0.321 e. The molecule has 2 aliphatic rings. The Balaban J connectivity index is 1.50. The van der Waals surface area contributed by atoms with Crippen LogP contribution in [-0.2, 0) is 11.2 Å². The predicted molar refractivity (Wildman–Crippen MR) is 124 cm³/mol. The van der Waals surface area contributed by atoms with E-state index in [9.17, 15) is 19.1 Å². The first kappa shape index (κ1) is 22.8. The number of rotatable bonds is 6. The number of carboxylic acids is 1. The first-order chi connectivity index (χ1) is 15.9. The standard InChI is InChI=1S/C25H28FN3O4/c1-33-21-4-2-3-20(14-21)28-25(32)29-10-8-16(13-24(30)31)18(15-29)12-23-22-6-5-19(26)11-17(22)7-9-27-23/h2-6,11,14,16,18H,7-10,12-13,15H2,1H3,(H,28,32)(H,30,31)/t16-,18-/m0/s1. The topological polar surface area (TPSA) is 91.2 Å².